The van der Waals surface area contributed by atoms with Crippen molar-refractivity contribution in [3.05, 3.63) is 127 Å². The van der Waals surface area contributed by atoms with Crippen LogP contribution in [0.15, 0.2) is 116 Å². The summed E-state index contributed by atoms with van der Waals surface area (Å²) in [6, 6.07) is 33.7. The van der Waals surface area contributed by atoms with Crippen molar-refractivity contribution in [2.24, 2.45) is 0 Å². The summed E-state index contributed by atoms with van der Waals surface area (Å²) >= 11 is 0. The lowest BCUT2D eigenvalue weighted by Gasteiger charge is -2.33. The summed E-state index contributed by atoms with van der Waals surface area (Å²) in [5.41, 5.74) is 11.2. The molecule has 0 spiro atoms. The second-order valence-corrected chi connectivity index (χ2v) is 12.0. The first-order valence-electron chi connectivity index (χ1n) is 14.9. The van der Waals surface area contributed by atoms with Gasteiger partial charge in [-0.3, -0.25) is 4.57 Å². The minimum atomic E-state index is -0.119. The number of pyridine rings is 1. The molecule has 7 aromatic rings. The Labute approximate surface area is 246 Å². The highest BCUT2D eigenvalue weighted by Crippen LogP contribution is 2.47. The molecule has 4 aromatic carbocycles. The van der Waals surface area contributed by atoms with Gasteiger partial charge >= 0.3 is 0 Å². The number of hydrogen-bond donors (Lipinski definition) is 0. The predicted octanol–water partition coefficient (Wildman–Crippen LogP) is 10.4. The van der Waals surface area contributed by atoms with E-state index in [0.29, 0.717) is 0 Å². The molecule has 0 unspecified atom stereocenters. The molecule has 0 atom stereocenters. The number of hydrogen-bond acceptors (Lipinski definition) is 1. The van der Waals surface area contributed by atoms with E-state index in [1.54, 1.807) is 0 Å². The molecule has 3 heteroatoms. The fraction of sp³-hybridized carbons (Fsp3) is 0.154. The van der Waals surface area contributed by atoms with Crippen LogP contribution in [0.2, 0.25) is 0 Å². The number of rotatable bonds is 5. The molecule has 204 valence electrons. The smallest absolute Gasteiger partial charge is 0.141 e. The van der Waals surface area contributed by atoms with Crippen LogP contribution in [0.5, 0.6) is 0 Å². The van der Waals surface area contributed by atoms with Crippen molar-refractivity contribution < 1.29 is 0 Å². The van der Waals surface area contributed by atoms with E-state index in [1.165, 1.54) is 71.6 Å². The summed E-state index contributed by atoms with van der Waals surface area (Å²) in [4.78, 5) is 4.90. The minimum absolute atomic E-state index is 0.119. The second kappa shape index (κ2) is 9.06. The van der Waals surface area contributed by atoms with Crippen LogP contribution in [0.1, 0.15) is 44.7 Å². The van der Waals surface area contributed by atoms with Gasteiger partial charge in [-0.25, -0.2) is 4.98 Å². The third-order valence-corrected chi connectivity index (χ3v) is 9.24. The maximum atomic E-state index is 4.90. The third kappa shape index (κ3) is 3.31. The highest BCUT2D eigenvalue weighted by Gasteiger charge is 2.35. The Morgan fingerprint density at radius 3 is 2.24 bits per heavy atom. The summed E-state index contributed by atoms with van der Waals surface area (Å²) in [5, 5.41) is 5.10. The van der Waals surface area contributed by atoms with E-state index < -0.39 is 0 Å². The van der Waals surface area contributed by atoms with Crippen molar-refractivity contribution in [1.29, 1.82) is 0 Å². The van der Waals surface area contributed by atoms with E-state index in [4.69, 9.17) is 4.98 Å². The van der Waals surface area contributed by atoms with Crippen LogP contribution in [-0.4, -0.2) is 14.1 Å². The largest absolute Gasteiger partial charge is 0.313 e. The van der Waals surface area contributed by atoms with Gasteiger partial charge in [0.25, 0.3) is 0 Å². The Balaban J connectivity index is 1.37. The monoisotopic (exact) mass is 543 g/mol. The number of fused-ring (bicyclic) bond motifs is 8. The first-order valence-corrected chi connectivity index (χ1v) is 14.9. The minimum Gasteiger partial charge on any atom is -0.313 e. The molecule has 8 rings (SSSR count). The van der Waals surface area contributed by atoms with Crippen LogP contribution < -0.4 is 0 Å². The van der Waals surface area contributed by atoms with Gasteiger partial charge < -0.3 is 4.57 Å². The predicted molar refractivity (Wildman–Crippen MR) is 179 cm³/mol. The molecule has 4 heterocycles. The topological polar surface area (TPSA) is 22.8 Å². The van der Waals surface area contributed by atoms with Crippen LogP contribution in [0.25, 0.3) is 66.3 Å². The summed E-state index contributed by atoms with van der Waals surface area (Å²) in [6.45, 7) is 10.9. The third-order valence-electron chi connectivity index (χ3n) is 9.24. The zero-order valence-electron chi connectivity index (χ0n) is 24.4. The first-order chi connectivity index (χ1) is 20.5. The van der Waals surface area contributed by atoms with Crippen molar-refractivity contribution in [2.75, 3.05) is 0 Å². The zero-order chi connectivity index (χ0) is 28.6. The van der Waals surface area contributed by atoms with Gasteiger partial charge in [-0.15, -0.1) is 0 Å². The number of nitrogens with zero attached hydrogens (tertiary/aromatic N) is 3. The Kier molecular flexibility index (Phi) is 5.36. The molecule has 1 aliphatic heterocycles. The highest BCUT2D eigenvalue weighted by molar-refractivity contribution is 6.14. The lowest BCUT2D eigenvalue weighted by molar-refractivity contribution is 0.624. The van der Waals surface area contributed by atoms with Crippen molar-refractivity contribution in [2.45, 2.75) is 39.0 Å². The SMILES string of the molecule is C=CC=C(CCC)n1c2ccccc2c2cc(-c3ccc4c(c3)c3cccc5c3n4-c3ncccc3C5(C)C)ccc21. The Morgan fingerprint density at radius 1 is 0.762 bits per heavy atom. The van der Waals surface area contributed by atoms with Crippen LogP contribution in [-0.2, 0) is 5.41 Å². The fourth-order valence-electron chi connectivity index (χ4n) is 7.30. The molecule has 0 saturated carbocycles. The van der Waals surface area contributed by atoms with Gasteiger partial charge in [0.2, 0.25) is 0 Å². The maximum absolute atomic E-state index is 4.90. The maximum Gasteiger partial charge on any atom is 0.141 e. The van der Waals surface area contributed by atoms with E-state index in [2.05, 4.69) is 134 Å². The van der Waals surface area contributed by atoms with Gasteiger partial charge in [0.05, 0.1) is 22.1 Å². The molecule has 1 aliphatic rings. The Hall–Kier alpha value is -4.89. The lowest BCUT2D eigenvalue weighted by atomic mass is 9.76. The number of allylic oxidation sites excluding steroid dienone is 3. The normalized spacial score (nSPS) is 14.2. The standard InChI is InChI=1S/C39H33N3/c1-5-11-27(12-6-2)41-34-17-8-7-13-28(34)30-23-25(18-20-35(30)41)26-19-21-36-31(24-26)29-14-9-15-32-37(29)42(36)38-33(39(32,3)4)16-10-22-40-38/h5,7-11,13-24H,1,6,12H2,2-4H3. The van der Waals surface area contributed by atoms with Gasteiger partial charge in [-0.05, 0) is 65.6 Å². The van der Waals surface area contributed by atoms with Crippen molar-refractivity contribution in [3.8, 4) is 16.9 Å². The van der Waals surface area contributed by atoms with Crippen LogP contribution in [0.4, 0.5) is 0 Å². The molecule has 0 saturated heterocycles. The quantitative estimate of drug-likeness (QED) is 0.198. The first kappa shape index (κ1) is 24.9. The fourth-order valence-corrected chi connectivity index (χ4v) is 7.30. The molecule has 0 N–H and O–H groups in total. The second-order valence-electron chi connectivity index (χ2n) is 12.0. The van der Waals surface area contributed by atoms with Gasteiger partial charge in [-0.1, -0.05) is 94.4 Å². The van der Waals surface area contributed by atoms with Crippen LogP contribution in [0.3, 0.4) is 0 Å². The number of para-hydroxylation sites is 2. The lowest BCUT2D eigenvalue weighted by Crippen LogP contribution is -2.26. The molecule has 0 fully saturated rings. The molecular formula is C39H33N3. The molecule has 0 amide bonds. The molecule has 42 heavy (non-hydrogen) atoms. The van der Waals surface area contributed by atoms with Crippen LogP contribution in [0, 0.1) is 0 Å². The van der Waals surface area contributed by atoms with E-state index in [0.717, 1.165) is 18.7 Å². The van der Waals surface area contributed by atoms with Gasteiger partial charge in [0.1, 0.15) is 5.82 Å². The van der Waals surface area contributed by atoms with E-state index in [-0.39, 0.29) is 5.41 Å². The average Bonchev–Trinajstić information content (AvgIpc) is 3.53. The van der Waals surface area contributed by atoms with Gasteiger partial charge in [-0.2, -0.15) is 0 Å². The molecule has 0 aliphatic carbocycles. The van der Waals surface area contributed by atoms with Crippen molar-refractivity contribution in [3.63, 3.8) is 0 Å². The zero-order valence-corrected chi connectivity index (χ0v) is 24.4. The molecule has 0 bridgehead atoms. The van der Waals surface area contributed by atoms with Crippen molar-refractivity contribution >= 4 is 49.3 Å². The Bertz CT molecular complexity index is 2250. The molecular weight excluding hydrogens is 510 g/mol. The van der Waals surface area contributed by atoms with Gasteiger partial charge in [0, 0.05) is 44.4 Å². The van der Waals surface area contributed by atoms with Crippen molar-refractivity contribution in [1.82, 2.24) is 14.1 Å². The average molecular weight is 544 g/mol. The van der Waals surface area contributed by atoms with E-state index >= 15 is 0 Å². The molecule has 3 aromatic heterocycles. The summed E-state index contributed by atoms with van der Waals surface area (Å²) < 4.78 is 4.79. The van der Waals surface area contributed by atoms with E-state index in [1.807, 2.05) is 12.3 Å². The summed E-state index contributed by atoms with van der Waals surface area (Å²) in [5.74, 6) is 1.04. The van der Waals surface area contributed by atoms with Gasteiger partial charge in [0.15, 0.2) is 0 Å². The molecule has 0 radical (unpaired) electrons. The highest BCUT2D eigenvalue weighted by atomic mass is 15.1. The Morgan fingerprint density at radius 2 is 1.45 bits per heavy atom. The van der Waals surface area contributed by atoms with E-state index in [9.17, 15) is 0 Å². The number of aromatic nitrogens is 3. The number of benzene rings is 4. The summed E-state index contributed by atoms with van der Waals surface area (Å²) in [6.07, 6.45) is 8.05. The van der Waals surface area contributed by atoms with Crippen LogP contribution >= 0.6 is 0 Å². The summed E-state index contributed by atoms with van der Waals surface area (Å²) in [7, 11) is 0. The molecule has 3 nitrogen and oxygen atoms in total.